The van der Waals surface area contributed by atoms with Gasteiger partial charge in [-0.15, -0.1) is 0 Å². The molecule has 0 fully saturated rings. The summed E-state index contributed by atoms with van der Waals surface area (Å²) in [5.74, 6) is -1.00. The highest BCUT2D eigenvalue weighted by Gasteiger charge is 2.15. The molecule has 0 bridgehead atoms. The maximum atomic E-state index is 13.5. The number of nitrogens with zero attached hydrogens (tertiary/aromatic N) is 1. The molecule has 1 aromatic carbocycles. The van der Waals surface area contributed by atoms with Gasteiger partial charge in [0.2, 0.25) is 0 Å². The van der Waals surface area contributed by atoms with E-state index in [0.717, 1.165) is 5.56 Å². The van der Waals surface area contributed by atoms with Crippen LogP contribution in [0.25, 0.3) is 0 Å². The summed E-state index contributed by atoms with van der Waals surface area (Å²) < 4.78 is 13.5. The first kappa shape index (κ1) is 13.2. The molecule has 0 aliphatic heterocycles. The number of benzene rings is 1. The molecule has 1 amide bonds. The summed E-state index contributed by atoms with van der Waals surface area (Å²) in [4.78, 5) is 11.8. The zero-order valence-electron chi connectivity index (χ0n) is 9.96. The first-order chi connectivity index (χ1) is 8.08. The van der Waals surface area contributed by atoms with E-state index in [4.69, 9.17) is 5.26 Å². The highest BCUT2D eigenvalue weighted by molar-refractivity contribution is 5.94. The number of hydrogen-bond acceptors (Lipinski definition) is 2. The van der Waals surface area contributed by atoms with Crippen molar-refractivity contribution in [1.29, 1.82) is 5.26 Å². The molecule has 0 aliphatic carbocycles. The number of carbonyl (C=O) groups excluding carboxylic acids is 1. The van der Waals surface area contributed by atoms with Crippen LogP contribution in [0.2, 0.25) is 0 Å². The van der Waals surface area contributed by atoms with Gasteiger partial charge in [-0.25, -0.2) is 4.39 Å². The second-order valence-corrected chi connectivity index (χ2v) is 3.92. The molecule has 90 valence electrons. The topological polar surface area (TPSA) is 52.9 Å². The summed E-state index contributed by atoms with van der Waals surface area (Å²) in [6, 6.07) is 6.22. The van der Waals surface area contributed by atoms with Gasteiger partial charge in [0.15, 0.2) is 0 Å². The van der Waals surface area contributed by atoms with Gasteiger partial charge in [0.1, 0.15) is 5.82 Å². The molecule has 1 rings (SSSR count). The van der Waals surface area contributed by atoms with E-state index in [2.05, 4.69) is 5.32 Å². The van der Waals surface area contributed by atoms with E-state index < -0.39 is 11.7 Å². The molecular formula is C13H15FN2O. The Morgan fingerprint density at radius 3 is 2.82 bits per heavy atom. The molecule has 1 unspecified atom stereocenters. The smallest absolute Gasteiger partial charge is 0.254 e. The van der Waals surface area contributed by atoms with Gasteiger partial charge in [0, 0.05) is 6.04 Å². The fraction of sp³-hybridized carbons (Fsp3) is 0.385. The number of halogens is 1. The van der Waals surface area contributed by atoms with Crippen molar-refractivity contribution in [3.8, 4) is 6.07 Å². The van der Waals surface area contributed by atoms with E-state index >= 15 is 0 Å². The number of nitriles is 1. The predicted octanol–water partition coefficient (Wildman–Crippen LogP) is 2.56. The van der Waals surface area contributed by atoms with E-state index in [1.165, 1.54) is 12.1 Å². The zero-order valence-corrected chi connectivity index (χ0v) is 9.96. The number of carbonyl (C=O) groups is 1. The van der Waals surface area contributed by atoms with E-state index in [0.29, 0.717) is 6.42 Å². The maximum Gasteiger partial charge on any atom is 0.254 e. The van der Waals surface area contributed by atoms with Gasteiger partial charge in [-0.3, -0.25) is 4.79 Å². The second-order valence-electron chi connectivity index (χ2n) is 3.92. The second kappa shape index (κ2) is 6.00. The number of rotatable bonds is 4. The fourth-order valence-electron chi connectivity index (χ4n) is 1.48. The number of amides is 1. The van der Waals surface area contributed by atoms with Crippen LogP contribution in [0.5, 0.6) is 0 Å². The summed E-state index contributed by atoms with van der Waals surface area (Å²) in [5.41, 5.74) is 0.787. The predicted molar refractivity (Wildman–Crippen MR) is 62.9 cm³/mol. The van der Waals surface area contributed by atoms with Crippen LogP contribution in [-0.2, 0) is 0 Å². The number of nitrogens with one attached hydrogen (secondary N) is 1. The first-order valence-corrected chi connectivity index (χ1v) is 5.52. The number of aryl methyl sites for hydroxylation is 1. The lowest BCUT2D eigenvalue weighted by molar-refractivity contribution is 0.0932. The van der Waals surface area contributed by atoms with E-state index in [1.54, 1.807) is 13.0 Å². The Labute approximate surface area is 100 Å². The highest BCUT2D eigenvalue weighted by Crippen LogP contribution is 2.10. The average Bonchev–Trinajstić information content (AvgIpc) is 2.28. The van der Waals surface area contributed by atoms with Crippen molar-refractivity contribution in [1.82, 2.24) is 5.32 Å². The van der Waals surface area contributed by atoms with Gasteiger partial charge in [-0.1, -0.05) is 13.0 Å². The van der Waals surface area contributed by atoms with Crippen LogP contribution in [0.3, 0.4) is 0 Å². The molecule has 4 heteroatoms. The molecule has 3 nitrogen and oxygen atoms in total. The zero-order chi connectivity index (χ0) is 12.8. The Kier molecular flexibility index (Phi) is 4.65. The van der Waals surface area contributed by atoms with Gasteiger partial charge in [-0.2, -0.15) is 5.26 Å². The van der Waals surface area contributed by atoms with Crippen LogP contribution in [0.1, 0.15) is 35.7 Å². The van der Waals surface area contributed by atoms with Gasteiger partial charge in [0.05, 0.1) is 18.1 Å². The normalized spacial score (nSPS) is 11.6. The van der Waals surface area contributed by atoms with Crippen molar-refractivity contribution in [2.24, 2.45) is 0 Å². The molecule has 0 aromatic heterocycles. The minimum absolute atomic E-state index is 0.0204. The third-order valence-electron chi connectivity index (χ3n) is 2.53. The van der Waals surface area contributed by atoms with Gasteiger partial charge in [-0.05, 0) is 31.0 Å². The van der Waals surface area contributed by atoms with E-state index in [9.17, 15) is 9.18 Å². The molecule has 1 N–H and O–H groups in total. The van der Waals surface area contributed by atoms with Crippen molar-refractivity contribution in [3.63, 3.8) is 0 Å². The maximum absolute atomic E-state index is 13.5. The van der Waals surface area contributed by atoms with Crippen LogP contribution >= 0.6 is 0 Å². The first-order valence-electron chi connectivity index (χ1n) is 5.52. The minimum Gasteiger partial charge on any atom is -0.348 e. The van der Waals surface area contributed by atoms with E-state index in [-0.39, 0.29) is 18.0 Å². The summed E-state index contributed by atoms with van der Waals surface area (Å²) >= 11 is 0. The van der Waals surface area contributed by atoms with Crippen molar-refractivity contribution in [3.05, 3.63) is 35.1 Å². The molecule has 0 spiro atoms. The molecule has 0 radical (unpaired) electrons. The fourth-order valence-corrected chi connectivity index (χ4v) is 1.48. The van der Waals surface area contributed by atoms with Crippen LogP contribution in [0, 0.1) is 24.1 Å². The lowest BCUT2D eigenvalue weighted by atomic mass is 10.1. The Bertz CT molecular complexity index is 451. The standard InChI is InChI=1S/C13H15FN2O/c1-3-10(6-7-15)16-13(17)11-5-4-9(2)8-12(11)14/h4-5,8,10H,3,6H2,1-2H3,(H,16,17). The van der Waals surface area contributed by atoms with Crippen molar-refractivity contribution in [2.45, 2.75) is 32.7 Å². The Hall–Kier alpha value is -1.89. The van der Waals surface area contributed by atoms with Gasteiger partial charge < -0.3 is 5.32 Å². The molecular weight excluding hydrogens is 219 g/mol. The minimum atomic E-state index is -0.533. The lowest BCUT2D eigenvalue weighted by Crippen LogP contribution is -2.34. The Balaban J connectivity index is 2.79. The van der Waals surface area contributed by atoms with Crippen molar-refractivity contribution < 1.29 is 9.18 Å². The lowest BCUT2D eigenvalue weighted by Gasteiger charge is -2.13. The number of hydrogen-bond donors (Lipinski definition) is 1. The SMILES string of the molecule is CCC(CC#N)NC(=O)c1ccc(C)cc1F. The summed E-state index contributed by atoms with van der Waals surface area (Å²) in [7, 11) is 0. The Morgan fingerprint density at radius 2 is 2.29 bits per heavy atom. The van der Waals surface area contributed by atoms with Gasteiger partial charge in [0.25, 0.3) is 5.91 Å². The average molecular weight is 234 g/mol. The molecule has 1 aromatic rings. The van der Waals surface area contributed by atoms with Crippen molar-refractivity contribution in [2.75, 3.05) is 0 Å². The van der Waals surface area contributed by atoms with Crippen LogP contribution in [0.4, 0.5) is 4.39 Å². The van der Waals surface area contributed by atoms with Crippen molar-refractivity contribution >= 4 is 5.91 Å². The monoisotopic (exact) mass is 234 g/mol. The molecule has 1 atom stereocenters. The summed E-state index contributed by atoms with van der Waals surface area (Å²) in [5, 5.41) is 11.2. The molecule has 0 heterocycles. The van der Waals surface area contributed by atoms with Gasteiger partial charge >= 0.3 is 0 Å². The van der Waals surface area contributed by atoms with Crippen LogP contribution in [0.15, 0.2) is 18.2 Å². The summed E-state index contributed by atoms with van der Waals surface area (Å²) in [6.07, 6.45) is 0.877. The molecule has 17 heavy (non-hydrogen) atoms. The largest absolute Gasteiger partial charge is 0.348 e. The third-order valence-corrected chi connectivity index (χ3v) is 2.53. The molecule has 0 saturated carbocycles. The van der Waals surface area contributed by atoms with E-state index in [1.807, 2.05) is 13.0 Å². The highest BCUT2D eigenvalue weighted by atomic mass is 19.1. The third kappa shape index (κ3) is 3.56. The summed E-state index contributed by atoms with van der Waals surface area (Å²) in [6.45, 7) is 3.63. The quantitative estimate of drug-likeness (QED) is 0.870. The van der Waals surface area contributed by atoms with Crippen LogP contribution < -0.4 is 5.32 Å². The Morgan fingerprint density at radius 1 is 1.59 bits per heavy atom. The van der Waals surface area contributed by atoms with Crippen LogP contribution in [-0.4, -0.2) is 11.9 Å². The molecule has 0 aliphatic rings. The molecule has 0 saturated heterocycles.